The van der Waals surface area contributed by atoms with Gasteiger partial charge in [-0.05, 0) is 54.8 Å². The molecule has 88 valence electrons. The van der Waals surface area contributed by atoms with Gasteiger partial charge in [-0.1, -0.05) is 19.9 Å². The van der Waals surface area contributed by atoms with Gasteiger partial charge in [0.05, 0.1) is 11.0 Å². The van der Waals surface area contributed by atoms with Crippen LogP contribution in [0, 0.1) is 0 Å². The van der Waals surface area contributed by atoms with Crippen LogP contribution in [0.1, 0.15) is 44.6 Å². The second-order valence-corrected chi connectivity index (χ2v) is 5.33. The van der Waals surface area contributed by atoms with Gasteiger partial charge in [-0.2, -0.15) is 0 Å². The number of rotatable bonds is 4. The van der Waals surface area contributed by atoms with Crippen molar-refractivity contribution in [1.29, 1.82) is 0 Å². The molecule has 16 heavy (non-hydrogen) atoms. The fraction of sp³-hybridized carbons (Fsp3) is 0.538. The molecule has 2 nitrogen and oxygen atoms in total. The number of ether oxygens (including phenoxy) is 1. The zero-order valence-electron chi connectivity index (χ0n) is 9.90. The van der Waals surface area contributed by atoms with Gasteiger partial charge in [0.15, 0.2) is 0 Å². The van der Waals surface area contributed by atoms with Crippen LogP contribution in [0.25, 0.3) is 0 Å². The van der Waals surface area contributed by atoms with Gasteiger partial charge in [-0.15, -0.1) is 0 Å². The topological polar surface area (TPSA) is 35.2 Å². The van der Waals surface area contributed by atoms with Crippen LogP contribution in [-0.2, 0) is 0 Å². The normalized spacial score (nSPS) is 16.2. The summed E-state index contributed by atoms with van der Waals surface area (Å²) in [5.41, 5.74) is 1.31. The van der Waals surface area contributed by atoms with E-state index in [0.717, 1.165) is 10.6 Å². The lowest BCUT2D eigenvalue weighted by Crippen LogP contribution is -2.24. The molecule has 1 aromatic carbocycles. The molecule has 0 aliphatic heterocycles. The van der Waals surface area contributed by atoms with Crippen LogP contribution in [0.4, 0.5) is 0 Å². The van der Waals surface area contributed by atoms with Crippen LogP contribution in [0.5, 0.6) is 5.75 Å². The van der Waals surface area contributed by atoms with E-state index < -0.39 is 0 Å². The van der Waals surface area contributed by atoms with Gasteiger partial charge in [0, 0.05) is 0 Å². The van der Waals surface area contributed by atoms with Crippen LogP contribution >= 0.6 is 11.9 Å². The summed E-state index contributed by atoms with van der Waals surface area (Å²) >= 11 is 1.28. The maximum Gasteiger partial charge on any atom is 0.134 e. The second-order valence-electron chi connectivity index (χ2n) is 4.65. The smallest absolute Gasteiger partial charge is 0.134 e. The minimum atomic E-state index is 0.413. The van der Waals surface area contributed by atoms with Crippen molar-refractivity contribution in [3.63, 3.8) is 0 Å². The maximum absolute atomic E-state index is 5.91. The highest BCUT2D eigenvalue weighted by Gasteiger charge is 2.20. The summed E-state index contributed by atoms with van der Waals surface area (Å²) in [6, 6.07) is 6.34. The highest BCUT2D eigenvalue weighted by molar-refractivity contribution is 7.97. The average Bonchev–Trinajstić information content (AvgIpc) is 2.23. The molecule has 1 aliphatic carbocycles. The Kier molecular flexibility index (Phi) is 3.77. The molecular formula is C13H19NOS. The predicted molar refractivity (Wildman–Crippen MR) is 68.8 cm³/mol. The van der Waals surface area contributed by atoms with Crippen LogP contribution in [0.15, 0.2) is 23.1 Å². The summed E-state index contributed by atoms with van der Waals surface area (Å²) in [4.78, 5) is 1.05. The summed E-state index contributed by atoms with van der Waals surface area (Å²) in [6.07, 6.45) is 4.07. The number of benzene rings is 1. The predicted octanol–water partition coefficient (Wildman–Crippen LogP) is 3.71. The molecule has 0 amide bonds. The van der Waals surface area contributed by atoms with Gasteiger partial charge in [0.2, 0.25) is 0 Å². The lowest BCUT2D eigenvalue weighted by Gasteiger charge is -2.27. The largest absolute Gasteiger partial charge is 0.489 e. The Hall–Kier alpha value is -0.670. The van der Waals surface area contributed by atoms with Gasteiger partial charge in [0.1, 0.15) is 5.75 Å². The van der Waals surface area contributed by atoms with E-state index in [9.17, 15) is 0 Å². The van der Waals surface area contributed by atoms with Crippen molar-refractivity contribution in [3.05, 3.63) is 23.8 Å². The molecule has 0 spiro atoms. The summed E-state index contributed by atoms with van der Waals surface area (Å²) in [7, 11) is 0. The van der Waals surface area contributed by atoms with Crippen molar-refractivity contribution in [2.24, 2.45) is 5.14 Å². The molecule has 1 aliphatic rings. The van der Waals surface area contributed by atoms with Crippen molar-refractivity contribution in [3.8, 4) is 5.75 Å². The number of hydrogen-bond acceptors (Lipinski definition) is 3. The zero-order valence-corrected chi connectivity index (χ0v) is 10.7. The van der Waals surface area contributed by atoms with E-state index in [1.165, 1.54) is 36.8 Å². The summed E-state index contributed by atoms with van der Waals surface area (Å²) in [5.74, 6) is 1.48. The Morgan fingerprint density at radius 3 is 2.62 bits per heavy atom. The van der Waals surface area contributed by atoms with Crippen molar-refractivity contribution >= 4 is 11.9 Å². The molecule has 0 unspecified atom stereocenters. The van der Waals surface area contributed by atoms with E-state index in [2.05, 4.69) is 32.0 Å². The minimum Gasteiger partial charge on any atom is -0.489 e. The average molecular weight is 237 g/mol. The molecule has 0 heterocycles. The monoisotopic (exact) mass is 237 g/mol. The van der Waals surface area contributed by atoms with E-state index in [0.29, 0.717) is 12.0 Å². The molecule has 2 N–H and O–H groups in total. The van der Waals surface area contributed by atoms with Gasteiger partial charge in [0.25, 0.3) is 0 Å². The molecule has 0 aromatic heterocycles. The maximum atomic E-state index is 5.91. The van der Waals surface area contributed by atoms with E-state index in [-0.39, 0.29) is 0 Å². The Bertz CT molecular complexity index is 361. The van der Waals surface area contributed by atoms with Gasteiger partial charge >= 0.3 is 0 Å². The van der Waals surface area contributed by atoms with Crippen molar-refractivity contribution in [2.75, 3.05) is 0 Å². The first-order chi connectivity index (χ1) is 7.70. The highest BCUT2D eigenvalue weighted by atomic mass is 32.2. The molecule has 0 saturated heterocycles. The fourth-order valence-corrected chi connectivity index (χ4v) is 2.18. The second kappa shape index (κ2) is 5.11. The third kappa shape index (κ3) is 2.53. The van der Waals surface area contributed by atoms with E-state index in [1.807, 2.05) is 0 Å². The Morgan fingerprint density at radius 2 is 2.12 bits per heavy atom. The molecule has 0 bridgehead atoms. The highest BCUT2D eigenvalue weighted by Crippen LogP contribution is 2.33. The first-order valence-electron chi connectivity index (χ1n) is 5.88. The number of nitrogens with two attached hydrogens (primary N) is 1. The standard InChI is InChI=1S/C13H19NOS/c1-9(2)10-6-7-12(13(8-10)16-14)15-11-4-3-5-11/h6-9,11H,3-5,14H2,1-2H3. The van der Waals surface area contributed by atoms with E-state index in [4.69, 9.17) is 9.88 Å². The van der Waals surface area contributed by atoms with Gasteiger partial charge in [-0.25, -0.2) is 0 Å². The minimum absolute atomic E-state index is 0.413. The van der Waals surface area contributed by atoms with E-state index in [1.54, 1.807) is 0 Å². The van der Waals surface area contributed by atoms with Crippen LogP contribution < -0.4 is 9.88 Å². The molecule has 0 atom stereocenters. The summed E-state index contributed by atoms with van der Waals surface area (Å²) in [6.45, 7) is 4.37. The Morgan fingerprint density at radius 1 is 1.38 bits per heavy atom. The zero-order chi connectivity index (χ0) is 11.5. The molecule has 1 fully saturated rings. The lowest BCUT2D eigenvalue weighted by atomic mass is 9.96. The molecule has 1 aromatic rings. The molecular weight excluding hydrogens is 218 g/mol. The van der Waals surface area contributed by atoms with Gasteiger partial charge < -0.3 is 4.74 Å². The lowest BCUT2D eigenvalue weighted by molar-refractivity contribution is 0.117. The van der Waals surface area contributed by atoms with Crippen molar-refractivity contribution < 1.29 is 4.74 Å². The fourth-order valence-electron chi connectivity index (χ4n) is 1.74. The molecule has 2 rings (SSSR count). The third-order valence-electron chi connectivity index (χ3n) is 3.11. The van der Waals surface area contributed by atoms with Gasteiger partial charge in [-0.3, -0.25) is 5.14 Å². The van der Waals surface area contributed by atoms with Crippen LogP contribution in [0.3, 0.4) is 0 Å². The SMILES string of the molecule is CC(C)c1ccc(OC2CCC2)c(SN)c1. The van der Waals surface area contributed by atoms with Crippen molar-refractivity contribution in [1.82, 2.24) is 0 Å². The Balaban J connectivity index is 2.16. The molecule has 0 radical (unpaired) electrons. The summed E-state index contributed by atoms with van der Waals surface area (Å²) < 4.78 is 5.91. The quantitative estimate of drug-likeness (QED) is 0.811. The number of hydrogen-bond donors (Lipinski definition) is 1. The first-order valence-corrected chi connectivity index (χ1v) is 6.76. The molecule has 1 saturated carbocycles. The Labute approximate surface area is 102 Å². The van der Waals surface area contributed by atoms with E-state index >= 15 is 0 Å². The summed E-state index contributed by atoms with van der Waals surface area (Å²) in [5, 5.41) is 5.69. The van der Waals surface area contributed by atoms with Crippen molar-refractivity contribution in [2.45, 2.75) is 50.0 Å². The molecule has 3 heteroatoms. The van der Waals surface area contributed by atoms with Crippen LogP contribution in [0.2, 0.25) is 0 Å². The third-order valence-corrected chi connectivity index (χ3v) is 3.68. The van der Waals surface area contributed by atoms with Crippen LogP contribution in [-0.4, -0.2) is 6.10 Å². The first kappa shape index (κ1) is 11.8.